The van der Waals surface area contributed by atoms with Crippen LogP contribution < -0.4 is 10.9 Å². The minimum absolute atomic E-state index is 0.0708. The number of piperidine rings is 1. The summed E-state index contributed by atoms with van der Waals surface area (Å²) < 4.78 is 1.75. The summed E-state index contributed by atoms with van der Waals surface area (Å²) in [6.45, 7) is 5.19. The Hall–Kier alpha value is -2.74. The van der Waals surface area contributed by atoms with E-state index in [1.54, 1.807) is 24.3 Å². The molecule has 32 heavy (non-hydrogen) atoms. The molecule has 8 heteroatoms. The molecule has 0 radical (unpaired) electrons. The van der Waals surface area contributed by atoms with Crippen LogP contribution in [0.5, 0.6) is 0 Å². The van der Waals surface area contributed by atoms with Crippen molar-refractivity contribution in [1.29, 1.82) is 0 Å². The standard InChI is InChI=1S/C24H30N4O3S/c1-2-12-28-23(31)19-9-8-17(15-20(19)26-24(28)32)22(30)27-13-10-18(11-14-27)25-21(29)16-6-4-3-5-7-16/h2,8-9,15-16,18H,1,3-7,10-14H2,(H,25,29)(H,26,32). The highest BCUT2D eigenvalue weighted by Gasteiger charge is 2.27. The summed E-state index contributed by atoms with van der Waals surface area (Å²) in [5.41, 5.74) is 0.881. The zero-order chi connectivity index (χ0) is 22.7. The fraction of sp³-hybridized carbons (Fsp3) is 0.500. The van der Waals surface area contributed by atoms with Gasteiger partial charge in [0.1, 0.15) is 0 Å². The van der Waals surface area contributed by atoms with Gasteiger partial charge in [-0.05, 0) is 56.1 Å². The minimum atomic E-state index is -0.197. The maximum atomic E-state index is 13.1. The third-order valence-electron chi connectivity index (χ3n) is 6.65. The minimum Gasteiger partial charge on any atom is -0.353 e. The molecule has 0 unspecified atom stereocenters. The van der Waals surface area contributed by atoms with Crippen LogP contribution in [-0.2, 0) is 11.3 Å². The summed E-state index contributed by atoms with van der Waals surface area (Å²) in [4.78, 5) is 43.1. The normalized spacial score (nSPS) is 17.9. The van der Waals surface area contributed by atoms with E-state index in [1.807, 2.05) is 4.90 Å². The Balaban J connectivity index is 1.41. The number of carbonyl (C=O) groups excluding carboxylic acids is 2. The number of nitrogens with zero attached hydrogens (tertiary/aromatic N) is 2. The number of hydrogen-bond acceptors (Lipinski definition) is 4. The van der Waals surface area contributed by atoms with Crippen molar-refractivity contribution in [1.82, 2.24) is 19.8 Å². The molecule has 2 heterocycles. The lowest BCUT2D eigenvalue weighted by Crippen LogP contribution is -2.48. The molecule has 4 rings (SSSR count). The lowest BCUT2D eigenvalue weighted by molar-refractivity contribution is -0.126. The van der Waals surface area contributed by atoms with Gasteiger partial charge in [-0.15, -0.1) is 6.58 Å². The zero-order valence-electron chi connectivity index (χ0n) is 18.3. The number of nitrogens with one attached hydrogen (secondary N) is 2. The Bertz CT molecular complexity index is 1140. The number of H-pyrrole nitrogens is 1. The van der Waals surface area contributed by atoms with E-state index in [0.717, 1.165) is 38.5 Å². The number of hydrogen-bond donors (Lipinski definition) is 2. The van der Waals surface area contributed by atoms with E-state index >= 15 is 0 Å². The van der Waals surface area contributed by atoms with Gasteiger partial charge in [-0.3, -0.25) is 19.0 Å². The van der Waals surface area contributed by atoms with Crippen molar-refractivity contribution in [3.8, 4) is 0 Å². The molecule has 0 bridgehead atoms. The monoisotopic (exact) mass is 454 g/mol. The van der Waals surface area contributed by atoms with Crippen molar-refractivity contribution in [2.24, 2.45) is 5.92 Å². The number of amides is 2. The van der Waals surface area contributed by atoms with E-state index in [9.17, 15) is 14.4 Å². The molecule has 2 fully saturated rings. The highest BCUT2D eigenvalue weighted by Crippen LogP contribution is 2.24. The lowest BCUT2D eigenvalue weighted by atomic mass is 9.88. The van der Waals surface area contributed by atoms with Gasteiger partial charge >= 0.3 is 0 Å². The first-order chi connectivity index (χ1) is 15.5. The number of carbonyl (C=O) groups is 2. The van der Waals surface area contributed by atoms with Crippen molar-refractivity contribution in [3.05, 3.63) is 51.5 Å². The van der Waals surface area contributed by atoms with Gasteiger partial charge in [-0.2, -0.15) is 0 Å². The Kier molecular flexibility index (Phi) is 6.89. The first-order valence-electron chi connectivity index (χ1n) is 11.5. The molecular weight excluding hydrogens is 424 g/mol. The van der Waals surface area contributed by atoms with Crippen LogP contribution in [0.15, 0.2) is 35.6 Å². The van der Waals surface area contributed by atoms with Gasteiger partial charge in [0.05, 0.1) is 10.9 Å². The predicted octanol–water partition coefficient (Wildman–Crippen LogP) is 3.55. The molecule has 1 aliphatic carbocycles. The largest absolute Gasteiger partial charge is 0.353 e. The number of rotatable bonds is 5. The molecule has 0 atom stereocenters. The highest BCUT2D eigenvalue weighted by atomic mass is 32.1. The molecule has 2 aliphatic rings. The SMILES string of the molecule is C=CCn1c(=S)[nH]c2cc(C(=O)N3CCC(NC(=O)C4CCCCC4)CC3)ccc2c1=O. The van der Waals surface area contributed by atoms with Crippen LogP contribution in [0, 0.1) is 10.7 Å². The molecule has 1 saturated carbocycles. The van der Waals surface area contributed by atoms with Crippen molar-refractivity contribution in [2.75, 3.05) is 13.1 Å². The Morgan fingerprint density at radius 3 is 2.56 bits per heavy atom. The summed E-state index contributed by atoms with van der Waals surface area (Å²) in [5, 5.41) is 3.69. The van der Waals surface area contributed by atoms with Crippen molar-refractivity contribution in [2.45, 2.75) is 57.5 Å². The van der Waals surface area contributed by atoms with E-state index < -0.39 is 0 Å². The quantitative estimate of drug-likeness (QED) is 0.534. The third kappa shape index (κ3) is 4.70. The van der Waals surface area contributed by atoms with Gasteiger partial charge in [0.2, 0.25) is 5.91 Å². The van der Waals surface area contributed by atoms with Crippen LogP contribution in [0.2, 0.25) is 0 Å². The van der Waals surface area contributed by atoms with Gasteiger partial charge in [0.25, 0.3) is 11.5 Å². The second-order valence-electron chi connectivity index (χ2n) is 8.80. The maximum Gasteiger partial charge on any atom is 0.262 e. The number of allylic oxidation sites excluding steroid dienone is 1. The maximum absolute atomic E-state index is 13.1. The predicted molar refractivity (Wildman–Crippen MR) is 127 cm³/mol. The van der Waals surface area contributed by atoms with Gasteiger partial charge < -0.3 is 15.2 Å². The molecular formula is C24H30N4O3S. The molecule has 0 spiro atoms. The molecule has 2 N–H and O–H groups in total. The van der Waals surface area contributed by atoms with E-state index in [0.29, 0.717) is 40.9 Å². The number of likely N-dealkylation sites (tertiary alicyclic amines) is 1. The van der Waals surface area contributed by atoms with Gasteiger partial charge in [0.15, 0.2) is 4.77 Å². The third-order valence-corrected chi connectivity index (χ3v) is 6.97. The van der Waals surface area contributed by atoms with Crippen LogP contribution >= 0.6 is 12.2 Å². The van der Waals surface area contributed by atoms with Gasteiger partial charge in [-0.1, -0.05) is 25.3 Å². The molecule has 2 aromatic rings. The molecule has 2 amide bonds. The van der Waals surface area contributed by atoms with E-state index in [2.05, 4.69) is 16.9 Å². The summed E-state index contributed by atoms with van der Waals surface area (Å²) >= 11 is 5.29. The van der Waals surface area contributed by atoms with Crippen molar-refractivity contribution in [3.63, 3.8) is 0 Å². The van der Waals surface area contributed by atoms with Crippen LogP contribution in [0.3, 0.4) is 0 Å². The summed E-state index contributed by atoms with van der Waals surface area (Å²) in [6, 6.07) is 5.19. The molecule has 170 valence electrons. The fourth-order valence-corrected chi connectivity index (χ4v) is 5.04. The van der Waals surface area contributed by atoms with E-state index in [-0.39, 0.29) is 29.3 Å². The number of aromatic amines is 1. The topological polar surface area (TPSA) is 87.2 Å². The Morgan fingerprint density at radius 2 is 1.88 bits per heavy atom. The Labute approximate surface area is 192 Å². The first-order valence-corrected chi connectivity index (χ1v) is 11.9. The Morgan fingerprint density at radius 1 is 1.16 bits per heavy atom. The number of fused-ring (bicyclic) bond motifs is 1. The van der Waals surface area contributed by atoms with Crippen LogP contribution in [0.4, 0.5) is 0 Å². The first kappa shape index (κ1) is 22.5. The van der Waals surface area contributed by atoms with Crippen molar-refractivity contribution >= 4 is 34.9 Å². The van der Waals surface area contributed by atoms with E-state index in [4.69, 9.17) is 12.2 Å². The molecule has 1 saturated heterocycles. The molecule has 1 aromatic carbocycles. The zero-order valence-corrected chi connectivity index (χ0v) is 19.1. The van der Waals surface area contributed by atoms with Crippen molar-refractivity contribution < 1.29 is 9.59 Å². The number of benzene rings is 1. The molecule has 7 nitrogen and oxygen atoms in total. The lowest BCUT2D eigenvalue weighted by Gasteiger charge is -2.33. The smallest absolute Gasteiger partial charge is 0.262 e. The molecule has 1 aromatic heterocycles. The fourth-order valence-electron chi connectivity index (χ4n) is 4.78. The highest BCUT2D eigenvalue weighted by molar-refractivity contribution is 7.71. The van der Waals surface area contributed by atoms with Gasteiger partial charge in [0, 0.05) is 37.2 Å². The number of aromatic nitrogens is 2. The summed E-state index contributed by atoms with van der Waals surface area (Å²) in [5.74, 6) is 0.266. The second-order valence-corrected chi connectivity index (χ2v) is 9.19. The van der Waals surface area contributed by atoms with Crippen LogP contribution in [-0.4, -0.2) is 45.4 Å². The average molecular weight is 455 g/mol. The van der Waals surface area contributed by atoms with Gasteiger partial charge in [-0.25, -0.2) is 0 Å². The van der Waals surface area contributed by atoms with E-state index in [1.165, 1.54) is 11.0 Å². The molecule has 1 aliphatic heterocycles. The second kappa shape index (κ2) is 9.81. The van der Waals surface area contributed by atoms with Crippen LogP contribution in [0.25, 0.3) is 10.9 Å². The average Bonchev–Trinajstić information content (AvgIpc) is 2.82. The summed E-state index contributed by atoms with van der Waals surface area (Å²) in [7, 11) is 0. The van der Waals surface area contributed by atoms with Crippen LogP contribution in [0.1, 0.15) is 55.3 Å². The summed E-state index contributed by atoms with van der Waals surface area (Å²) in [6.07, 6.45) is 8.64.